The molecule has 0 aliphatic heterocycles. The summed E-state index contributed by atoms with van der Waals surface area (Å²) in [5.41, 5.74) is 3.15. The van der Waals surface area contributed by atoms with Crippen molar-refractivity contribution in [2.45, 2.75) is 24.8 Å². The van der Waals surface area contributed by atoms with Crippen molar-refractivity contribution in [2.24, 2.45) is 4.36 Å². The highest BCUT2D eigenvalue weighted by Gasteiger charge is 2.12. The zero-order valence-corrected chi connectivity index (χ0v) is 22.9. The molecule has 0 fully saturated rings. The van der Waals surface area contributed by atoms with Crippen LogP contribution < -0.4 is 15.5 Å². The van der Waals surface area contributed by atoms with E-state index in [4.69, 9.17) is 4.74 Å². The summed E-state index contributed by atoms with van der Waals surface area (Å²) in [6.45, 7) is 3.56. The predicted octanol–water partition coefficient (Wildman–Crippen LogP) is 4.09. The van der Waals surface area contributed by atoms with Crippen molar-refractivity contribution >= 4 is 39.0 Å². The lowest BCUT2D eigenvalue weighted by Gasteiger charge is -2.14. The number of carbonyl (C=O) groups excluding carboxylic acids is 1. The molecule has 3 aromatic rings. The van der Waals surface area contributed by atoms with E-state index in [1.165, 1.54) is 6.26 Å². The Morgan fingerprint density at radius 2 is 1.84 bits per heavy atom. The van der Waals surface area contributed by atoms with Gasteiger partial charge in [0.15, 0.2) is 0 Å². The second-order valence-corrected chi connectivity index (χ2v) is 10.9. The number of rotatable bonds is 8. The van der Waals surface area contributed by atoms with Crippen LogP contribution in [0.4, 0.5) is 27.9 Å². The number of nitrogens with one attached hydrogen (secondary N) is 2. The molecule has 0 saturated carbocycles. The number of aliphatic hydroxyl groups is 1. The van der Waals surface area contributed by atoms with Crippen molar-refractivity contribution in [2.75, 3.05) is 49.1 Å². The highest BCUT2D eigenvalue weighted by atomic mass is 32.2. The van der Waals surface area contributed by atoms with Crippen LogP contribution in [-0.4, -0.2) is 65.0 Å². The number of aliphatic hydroxyl groups excluding tert-OH is 1. The van der Waals surface area contributed by atoms with Crippen LogP contribution in [0.15, 0.2) is 64.0 Å². The molecule has 0 unspecified atom stereocenters. The molecule has 3 N–H and O–H groups in total. The summed E-state index contributed by atoms with van der Waals surface area (Å²) in [6, 6.07) is 14.2. The van der Waals surface area contributed by atoms with Gasteiger partial charge < -0.3 is 25.4 Å². The maximum Gasteiger partial charge on any atom is 0.442 e. The number of amides is 1. The van der Waals surface area contributed by atoms with Crippen molar-refractivity contribution in [1.29, 1.82) is 0 Å². The minimum absolute atomic E-state index is 0.0831. The summed E-state index contributed by atoms with van der Waals surface area (Å²) in [4.78, 5) is 23.0. The number of hydrogen-bond donors (Lipinski definition) is 3. The molecule has 2 aromatic carbocycles. The number of ether oxygens (including phenoxy) is 1. The number of nitrogens with zero attached hydrogens (tertiary/aromatic N) is 4. The van der Waals surface area contributed by atoms with Gasteiger partial charge in [-0.1, -0.05) is 11.8 Å². The molecule has 1 aromatic heterocycles. The molecule has 1 heterocycles. The highest BCUT2D eigenvalue weighted by molar-refractivity contribution is 7.93. The smallest absolute Gasteiger partial charge is 0.442 e. The largest absolute Gasteiger partial charge is 0.448 e. The summed E-state index contributed by atoms with van der Waals surface area (Å²) in [5, 5.41) is 15.8. The van der Waals surface area contributed by atoms with Gasteiger partial charge >= 0.3 is 6.09 Å². The maximum absolute atomic E-state index is 12.8. The zero-order valence-electron chi connectivity index (χ0n) is 22.1. The molecule has 0 aliphatic rings. The van der Waals surface area contributed by atoms with Crippen LogP contribution in [0.1, 0.15) is 25.0 Å². The van der Waals surface area contributed by atoms with Gasteiger partial charge in [0, 0.05) is 48.2 Å². The van der Waals surface area contributed by atoms with Gasteiger partial charge in [0.2, 0.25) is 5.95 Å². The van der Waals surface area contributed by atoms with Gasteiger partial charge in [0.05, 0.1) is 34.7 Å². The average molecular weight is 537 g/mol. The van der Waals surface area contributed by atoms with E-state index < -0.39 is 15.8 Å². The molecule has 0 saturated heterocycles. The van der Waals surface area contributed by atoms with Gasteiger partial charge in [-0.15, -0.1) is 4.36 Å². The van der Waals surface area contributed by atoms with Crippen LogP contribution in [-0.2, 0) is 14.5 Å². The Bertz CT molecular complexity index is 1440. The third-order valence-electron chi connectivity index (χ3n) is 5.24. The minimum Gasteiger partial charge on any atom is -0.448 e. The third-order valence-corrected chi connectivity index (χ3v) is 6.88. The number of carbonyl (C=O) groups is 1. The monoisotopic (exact) mass is 536 g/mol. The van der Waals surface area contributed by atoms with E-state index in [1.54, 1.807) is 37.4 Å². The quantitative estimate of drug-likeness (QED) is 0.365. The lowest BCUT2D eigenvalue weighted by Crippen LogP contribution is -2.21. The Hall–Kier alpha value is -4.14. The van der Waals surface area contributed by atoms with Crippen molar-refractivity contribution < 1.29 is 18.8 Å². The summed E-state index contributed by atoms with van der Waals surface area (Å²) < 4.78 is 21.2. The summed E-state index contributed by atoms with van der Waals surface area (Å²) >= 11 is 0. The van der Waals surface area contributed by atoms with Gasteiger partial charge in [0.25, 0.3) is 0 Å². The minimum atomic E-state index is -2.95. The molecule has 0 aliphatic carbocycles. The van der Waals surface area contributed by atoms with E-state index >= 15 is 0 Å². The first kappa shape index (κ1) is 28.4. The Balaban J connectivity index is 1.83. The van der Waals surface area contributed by atoms with Crippen LogP contribution in [0.3, 0.4) is 0 Å². The Kier molecular flexibility index (Phi) is 9.65. The summed E-state index contributed by atoms with van der Waals surface area (Å²) in [7, 11) is 1.01. The van der Waals surface area contributed by atoms with Gasteiger partial charge in [-0.3, -0.25) is 0 Å². The molecule has 10 nitrogen and oxygen atoms in total. The van der Waals surface area contributed by atoms with Crippen LogP contribution in [0, 0.1) is 11.8 Å². The standard InChI is InChI=1S/C27H32N6O4S/c1-6-37-27(35)32-38(5,36)24-15-11-22(12-16-24)30-26-28-17-21(25(31-26)29-19(2)18-34)10-7-20-8-13-23(14-9-20)33(3)4/h8-9,11-17,19,34H,6,18H2,1-5H3,(H2,28,29,30,31)/t19-,38+/m1/s1. The maximum atomic E-state index is 12.8. The molecule has 200 valence electrons. The number of anilines is 4. The second-order valence-electron chi connectivity index (χ2n) is 8.62. The lowest BCUT2D eigenvalue weighted by atomic mass is 10.2. The fourth-order valence-corrected chi connectivity index (χ4v) is 4.25. The normalized spacial score (nSPS) is 12.8. The van der Waals surface area contributed by atoms with Gasteiger partial charge in [-0.25, -0.2) is 14.0 Å². The highest BCUT2D eigenvalue weighted by Crippen LogP contribution is 2.21. The molecule has 38 heavy (non-hydrogen) atoms. The first-order chi connectivity index (χ1) is 18.1. The molecule has 11 heteroatoms. The molecule has 1 amide bonds. The Morgan fingerprint density at radius 1 is 1.16 bits per heavy atom. The Labute approximate surface area is 223 Å². The summed E-state index contributed by atoms with van der Waals surface area (Å²) in [6.07, 6.45) is 2.13. The van der Waals surface area contributed by atoms with E-state index in [0.717, 1.165) is 11.3 Å². The molecule has 0 bridgehead atoms. The second kappa shape index (κ2) is 12.9. The number of hydrogen-bond acceptors (Lipinski definition) is 9. The van der Waals surface area contributed by atoms with Crippen molar-refractivity contribution in [1.82, 2.24) is 9.97 Å². The lowest BCUT2D eigenvalue weighted by molar-refractivity contribution is 0.164. The zero-order chi connectivity index (χ0) is 27.7. The molecule has 0 spiro atoms. The van der Waals surface area contributed by atoms with E-state index in [1.807, 2.05) is 50.2 Å². The topological polar surface area (TPSA) is 129 Å². The van der Waals surface area contributed by atoms with Crippen molar-refractivity contribution in [3.63, 3.8) is 0 Å². The SMILES string of the molecule is CCOC(=O)N=[S@@](C)(=O)c1ccc(Nc2ncc(C#Cc3ccc(N(C)C)cc3)c(N[C@H](C)CO)n2)cc1. The van der Waals surface area contributed by atoms with Gasteiger partial charge in [0.1, 0.15) is 5.82 Å². The molecular formula is C27H32N6O4S. The molecule has 0 radical (unpaired) electrons. The van der Waals surface area contributed by atoms with E-state index in [2.05, 4.69) is 36.8 Å². The Morgan fingerprint density at radius 3 is 2.45 bits per heavy atom. The first-order valence-corrected chi connectivity index (χ1v) is 13.8. The fourth-order valence-electron chi connectivity index (χ4n) is 3.17. The van der Waals surface area contributed by atoms with Gasteiger partial charge in [-0.2, -0.15) is 4.98 Å². The summed E-state index contributed by atoms with van der Waals surface area (Å²) in [5.74, 6) is 7.02. The van der Waals surface area contributed by atoms with Crippen molar-refractivity contribution in [3.8, 4) is 11.8 Å². The predicted molar refractivity (Wildman–Crippen MR) is 150 cm³/mol. The molecule has 2 atom stereocenters. The first-order valence-electron chi connectivity index (χ1n) is 11.9. The number of aromatic nitrogens is 2. The van der Waals surface area contributed by atoms with E-state index in [-0.39, 0.29) is 19.3 Å². The number of benzene rings is 2. The molecular weight excluding hydrogens is 504 g/mol. The van der Waals surface area contributed by atoms with Crippen LogP contribution >= 0.6 is 0 Å². The van der Waals surface area contributed by atoms with E-state index in [0.29, 0.717) is 27.9 Å². The average Bonchev–Trinajstić information content (AvgIpc) is 2.88. The third kappa shape index (κ3) is 7.93. The van der Waals surface area contributed by atoms with Crippen LogP contribution in [0.2, 0.25) is 0 Å². The van der Waals surface area contributed by atoms with Gasteiger partial charge in [-0.05, 0) is 62.4 Å². The van der Waals surface area contributed by atoms with E-state index in [9.17, 15) is 14.1 Å². The fraction of sp³-hybridized carbons (Fsp3) is 0.296. The molecule has 3 rings (SSSR count). The van der Waals surface area contributed by atoms with Crippen LogP contribution in [0.25, 0.3) is 0 Å². The van der Waals surface area contributed by atoms with Crippen molar-refractivity contribution in [3.05, 3.63) is 65.9 Å². The van der Waals surface area contributed by atoms with Crippen LogP contribution in [0.5, 0.6) is 0 Å².